The Balaban J connectivity index is 2.21. The standard InChI is InChI=1S/C11H16N4O3/c1-13-3-5-15(6-4-13)10(16)9-8(11(17)18)7-14(2)12-9/h7H,3-6H2,1-2H3,(H,17,18). The van der Waals surface area contributed by atoms with Gasteiger partial charge in [-0.15, -0.1) is 0 Å². The molecule has 0 atom stereocenters. The second-order valence-corrected chi connectivity index (χ2v) is 4.60. The van der Waals surface area contributed by atoms with Gasteiger partial charge in [0.25, 0.3) is 5.91 Å². The van der Waals surface area contributed by atoms with Crippen LogP contribution in [0.4, 0.5) is 0 Å². The van der Waals surface area contributed by atoms with Gasteiger partial charge in [-0.1, -0.05) is 0 Å². The van der Waals surface area contributed by atoms with Crippen LogP contribution in [0.1, 0.15) is 20.8 Å². The van der Waals surface area contributed by atoms with E-state index in [-0.39, 0.29) is 17.2 Å². The largest absolute Gasteiger partial charge is 0.545 e. The molecule has 98 valence electrons. The first-order valence-corrected chi connectivity index (χ1v) is 5.84. The van der Waals surface area contributed by atoms with Crippen molar-refractivity contribution in [2.24, 2.45) is 7.05 Å². The van der Waals surface area contributed by atoms with E-state index in [4.69, 9.17) is 0 Å². The van der Waals surface area contributed by atoms with Crippen LogP contribution in [-0.2, 0) is 7.05 Å². The lowest BCUT2D eigenvalue weighted by Gasteiger charge is -2.29. The maximum atomic E-state index is 12.2. The highest BCUT2D eigenvalue weighted by Gasteiger charge is 2.26. The number of piperazine rings is 1. The normalized spacial score (nSPS) is 16.9. The SMILES string of the molecule is Cn1cc(C(=O)[O-])c(C(=O)N2CC[NH+](C)CC2)n1. The molecule has 0 bridgehead atoms. The van der Waals surface area contributed by atoms with Gasteiger partial charge in [0, 0.05) is 18.8 Å². The summed E-state index contributed by atoms with van der Waals surface area (Å²) in [6.07, 6.45) is 1.30. The van der Waals surface area contributed by atoms with E-state index < -0.39 is 5.97 Å². The zero-order valence-corrected chi connectivity index (χ0v) is 10.5. The Kier molecular flexibility index (Phi) is 3.33. The van der Waals surface area contributed by atoms with Crippen LogP contribution < -0.4 is 10.0 Å². The summed E-state index contributed by atoms with van der Waals surface area (Å²) in [6.45, 7) is 2.96. The topological polar surface area (TPSA) is 82.7 Å². The van der Waals surface area contributed by atoms with Gasteiger partial charge in [-0.3, -0.25) is 9.48 Å². The van der Waals surface area contributed by atoms with Gasteiger partial charge in [0.1, 0.15) is 0 Å². The van der Waals surface area contributed by atoms with Crippen molar-refractivity contribution in [3.8, 4) is 0 Å². The number of rotatable bonds is 2. The minimum absolute atomic E-state index is 0.0305. The summed E-state index contributed by atoms with van der Waals surface area (Å²) in [5.74, 6) is -1.70. The third kappa shape index (κ3) is 2.35. The van der Waals surface area contributed by atoms with E-state index in [1.807, 2.05) is 0 Å². The van der Waals surface area contributed by atoms with Gasteiger partial charge in [-0.2, -0.15) is 5.10 Å². The number of carbonyl (C=O) groups excluding carboxylic acids is 2. The number of aromatic nitrogens is 2. The lowest BCUT2D eigenvalue weighted by molar-refractivity contribution is -0.883. The molecule has 1 saturated heterocycles. The van der Waals surface area contributed by atoms with Gasteiger partial charge >= 0.3 is 0 Å². The Labute approximate surface area is 105 Å². The molecule has 1 N–H and O–H groups in total. The van der Waals surface area contributed by atoms with E-state index in [0.717, 1.165) is 13.1 Å². The molecule has 1 fully saturated rings. The van der Waals surface area contributed by atoms with E-state index in [2.05, 4.69) is 12.1 Å². The van der Waals surface area contributed by atoms with Crippen LogP contribution in [0.3, 0.4) is 0 Å². The highest BCUT2D eigenvalue weighted by molar-refractivity contribution is 6.02. The molecule has 1 aliphatic rings. The second-order valence-electron chi connectivity index (χ2n) is 4.60. The van der Waals surface area contributed by atoms with E-state index in [1.165, 1.54) is 15.8 Å². The van der Waals surface area contributed by atoms with Crippen LogP contribution in [0, 0.1) is 0 Å². The Morgan fingerprint density at radius 1 is 1.39 bits per heavy atom. The summed E-state index contributed by atoms with van der Waals surface area (Å²) in [5.41, 5.74) is -0.175. The van der Waals surface area contributed by atoms with Gasteiger partial charge in [-0.25, -0.2) is 0 Å². The van der Waals surface area contributed by atoms with Crippen molar-refractivity contribution in [3.05, 3.63) is 17.5 Å². The van der Waals surface area contributed by atoms with Crippen LogP contribution in [-0.4, -0.2) is 59.8 Å². The molecule has 0 radical (unpaired) electrons. The summed E-state index contributed by atoms with van der Waals surface area (Å²) in [6, 6.07) is 0. The molecule has 7 heteroatoms. The van der Waals surface area contributed by atoms with Crippen molar-refractivity contribution < 1.29 is 19.6 Å². The number of carboxylic acids is 1. The van der Waals surface area contributed by atoms with Crippen molar-refractivity contribution in [2.45, 2.75) is 0 Å². The van der Waals surface area contributed by atoms with Crippen LogP contribution in [0.2, 0.25) is 0 Å². The molecule has 0 saturated carbocycles. The lowest BCUT2D eigenvalue weighted by atomic mass is 10.2. The van der Waals surface area contributed by atoms with Gasteiger partial charge in [-0.05, 0) is 0 Å². The van der Waals surface area contributed by atoms with Gasteiger partial charge in [0.15, 0.2) is 5.69 Å². The molecule has 18 heavy (non-hydrogen) atoms. The third-order valence-corrected chi connectivity index (χ3v) is 3.16. The first kappa shape index (κ1) is 12.6. The number of amides is 1. The third-order valence-electron chi connectivity index (χ3n) is 3.16. The molecule has 2 rings (SSSR count). The molecular formula is C11H16N4O3. The molecule has 0 unspecified atom stereocenters. The fourth-order valence-corrected chi connectivity index (χ4v) is 2.04. The van der Waals surface area contributed by atoms with Crippen molar-refractivity contribution in [1.29, 1.82) is 0 Å². The number of aromatic carboxylic acids is 1. The number of likely N-dealkylation sites (N-methyl/N-ethyl adjacent to an activating group) is 1. The summed E-state index contributed by atoms with van der Waals surface area (Å²) < 4.78 is 1.32. The average Bonchev–Trinajstić information content (AvgIpc) is 2.71. The smallest absolute Gasteiger partial charge is 0.275 e. The molecule has 1 aromatic heterocycles. The summed E-state index contributed by atoms with van der Waals surface area (Å²) in [7, 11) is 3.65. The lowest BCUT2D eigenvalue weighted by Crippen LogP contribution is -3.12. The van der Waals surface area contributed by atoms with Crippen LogP contribution >= 0.6 is 0 Å². The van der Waals surface area contributed by atoms with Gasteiger partial charge < -0.3 is 19.7 Å². The Hall–Kier alpha value is -1.89. The first-order chi connectivity index (χ1) is 8.49. The Morgan fingerprint density at radius 3 is 2.56 bits per heavy atom. The van der Waals surface area contributed by atoms with Gasteiger partial charge in [0.05, 0.1) is 39.2 Å². The molecular weight excluding hydrogens is 236 g/mol. The minimum Gasteiger partial charge on any atom is -0.545 e. The molecule has 1 aromatic rings. The molecule has 0 aromatic carbocycles. The summed E-state index contributed by atoms with van der Waals surface area (Å²) >= 11 is 0. The molecule has 0 aliphatic carbocycles. The van der Waals surface area contributed by atoms with E-state index >= 15 is 0 Å². The maximum absolute atomic E-state index is 12.2. The Bertz CT molecular complexity index is 475. The number of carbonyl (C=O) groups is 2. The first-order valence-electron chi connectivity index (χ1n) is 5.84. The predicted octanol–water partition coefficient (Wildman–Crippen LogP) is -3.25. The number of hydrogen-bond donors (Lipinski definition) is 1. The fraction of sp³-hybridized carbons (Fsp3) is 0.545. The molecule has 2 heterocycles. The van der Waals surface area contributed by atoms with Crippen molar-refractivity contribution in [2.75, 3.05) is 33.2 Å². The highest BCUT2D eigenvalue weighted by atomic mass is 16.4. The van der Waals surface area contributed by atoms with E-state index in [0.29, 0.717) is 13.1 Å². The second kappa shape index (κ2) is 4.77. The zero-order chi connectivity index (χ0) is 13.3. The monoisotopic (exact) mass is 252 g/mol. The van der Waals surface area contributed by atoms with E-state index in [9.17, 15) is 14.7 Å². The van der Waals surface area contributed by atoms with E-state index in [1.54, 1.807) is 11.9 Å². The number of aryl methyl sites for hydroxylation is 1. The molecule has 1 amide bonds. The van der Waals surface area contributed by atoms with Crippen LogP contribution in [0.5, 0.6) is 0 Å². The van der Waals surface area contributed by atoms with Crippen LogP contribution in [0.15, 0.2) is 6.20 Å². The molecule has 0 spiro atoms. The molecule has 7 nitrogen and oxygen atoms in total. The number of quaternary nitrogens is 1. The zero-order valence-electron chi connectivity index (χ0n) is 10.5. The van der Waals surface area contributed by atoms with Crippen molar-refractivity contribution in [1.82, 2.24) is 14.7 Å². The highest BCUT2D eigenvalue weighted by Crippen LogP contribution is 2.09. The number of nitrogens with zero attached hydrogens (tertiary/aromatic N) is 3. The Morgan fingerprint density at radius 2 is 2.00 bits per heavy atom. The van der Waals surface area contributed by atoms with Gasteiger partial charge in [0.2, 0.25) is 0 Å². The van der Waals surface area contributed by atoms with Crippen molar-refractivity contribution in [3.63, 3.8) is 0 Å². The maximum Gasteiger partial charge on any atom is 0.275 e. The summed E-state index contributed by atoms with van der Waals surface area (Å²) in [5, 5.41) is 14.9. The summed E-state index contributed by atoms with van der Waals surface area (Å²) in [4.78, 5) is 26.1. The number of nitrogens with one attached hydrogen (secondary N) is 1. The van der Waals surface area contributed by atoms with Crippen LogP contribution in [0.25, 0.3) is 0 Å². The minimum atomic E-state index is -1.37. The number of hydrogen-bond acceptors (Lipinski definition) is 4. The quantitative estimate of drug-likeness (QED) is 0.599. The predicted molar refractivity (Wildman–Crippen MR) is 60.1 cm³/mol. The molecule has 1 aliphatic heterocycles. The number of carboxylic acid groups (broad SMARTS) is 1. The average molecular weight is 252 g/mol. The fourth-order valence-electron chi connectivity index (χ4n) is 2.04. The van der Waals surface area contributed by atoms with Crippen molar-refractivity contribution >= 4 is 11.9 Å².